The number of hydrogen-bond acceptors (Lipinski definition) is 7. The molecule has 1 atom stereocenters. The molecule has 0 N–H and O–H groups in total. The predicted molar refractivity (Wildman–Crippen MR) is 99.0 cm³/mol. The number of fused-ring (bicyclic) bond motifs is 1. The third-order valence-electron chi connectivity index (χ3n) is 5.54. The number of benzene rings is 1. The van der Waals surface area contributed by atoms with Crippen molar-refractivity contribution in [3.8, 4) is 11.5 Å². The van der Waals surface area contributed by atoms with E-state index in [1.807, 2.05) is 0 Å². The van der Waals surface area contributed by atoms with Crippen LogP contribution in [0.25, 0.3) is 0 Å². The number of hydrogen-bond donors (Lipinski definition) is 0. The lowest BCUT2D eigenvalue weighted by Crippen LogP contribution is -2.48. The molecule has 28 heavy (non-hydrogen) atoms. The molecule has 2 aliphatic heterocycles. The van der Waals surface area contributed by atoms with Crippen molar-refractivity contribution < 1.29 is 32.2 Å². The first-order chi connectivity index (χ1) is 13.4. The van der Waals surface area contributed by atoms with Gasteiger partial charge in [-0.1, -0.05) is 12.8 Å². The Balaban J connectivity index is 1.42. The van der Waals surface area contributed by atoms with Gasteiger partial charge < -0.3 is 19.1 Å². The molecule has 1 saturated carbocycles. The number of amides is 1. The van der Waals surface area contributed by atoms with Gasteiger partial charge >= 0.3 is 5.97 Å². The lowest BCUT2D eigenvalue weighted by atomic mass is 10.1. The van der Waals surface area contributed by atoms with Crippen LogP contribution in [0, 0.1) is 0 Å². The minimum Gasteiger partial charge on any atom is -0.454 e. The summed E-state index contributed by atoms with van der Waals surface area (Å²) in [5, 5.41) is 0. The molecule has 1 aromatic carbocycles. The number of esters is 1. The quantitative estimate of drug-likeness (QED) is 0.680. The Kier molecular flexibility index (Phi) is 5.18. The van der Waals surface area contributed by atoms with Gasteiger partial charge in [0.1, 0.15) is 0 Å². The summed E-state index contributed by atoms with van der Waals surface area (Å²) < 4.78 is 39.4. The first kappa shape index (κ1) is 19.0. The first-order valence-electron chi connectivity index (χ1n) is 9.51. The van der Waals surface area contributed by atoms with E-state index in [9.17, 15) is 18.0 Å². The lowest BCUT2D eigenvalue weighted by molar-refractivity contribution is -0.139. The van der Waals surface area contributed by atoms with E-state index in [1.54, 1.807) is 17.0 Å². The molecule has 4 rings (SSSR count). The van der Waals surface area contributed by atoms with Crippen LogP contribution in [0.3, 0.4) is 0 Å². The van der Waals surface area contributed by atoms with Crippen molar-refractivity contribution in [2.45, 2.75) is 44.2 Å². The molecule has 1 saturated heterocycles. The van der Waals surface area contributed by atoms with Crippen LogP contribution < -0.4 is 9.47 Å². The fraction of sp³-hybridized carbons (Fsp3) is 0.579. The number of rotatable bonds is 5. The second-order valence-corrected chi connectivity index (χ2v) is 9.67. The van der Waals surface area contributed by atoms with E-state index in [0.29, 0.717) is 17.9 Å². The molecule has 1 aliphatic carbocycles. The molecule has 0 spiro atoms. The molecule has 1 amide bonds. The molecule has 0 radical (unpaired) electrons. The monoisotopic (exact) mass is 409 g/mol. The van der Waals surface area contributed by atoms with Crippen molar-refractivity contribution in [2.75, 3.05) is 24.9 Å². The Morgan fingerprint density at radius 2 is 1.82 bits per heavy atom. The van der Waals surface area contributed by atoms with Crippen molar-refractivity contribution in [3.63, 3.8) is 0 Å². The molecule has 0 bridgehead atoms. The molecular weight excluding hydrogens is 386 g/mol. The van der Waals surface area contributed by atoms with Crippen LogP contribution in [0.1, 0.15) is 42.5 Å². The fourth-order valence-corrected chi connectivity index (χ4v) is 5.90. The lowest BCUT2D eigenvalue weighted by Gasteiger charge is -2.33. The second-order valence-electron chi connectivity index (χ2n) is 7.44. The fourth-order valence-electron chi connectivity index (χ4n) is 4.19. The van der Waals surface area contributed by atoms with Crippen molar-refractivity contribution in [2.24, 2.45) is 0 Å². The molecule has 9 heteroatoms. The van der Waals surface area contributed by atoms with Crippen LogP contribution in [0.15, 0.2) is 18.2 Å². The summed E-state index contributed by atoms with van der Waals surface area (Å²) in [5.41, 5.74) is 0.271. The number of carbonyl (C=O) groups excluding carboxylic acids is 2. The Bertz CT molecular complexity index is 876. The summed E-state index contributed by atoms with van der Waals surface area (Å²) in [6.07, 6.45) is 4.20. The number of carbonyl (C=O) groups is 2. The van der Waals surface area contributed by atoms with Crippen molar-refractivity contribution in [1.29, 1.82) is 0 Å². The topological polar surface area (TPSA) is 99.2 Å². The number of nitrogens with zero attached hydrogens (tertiary/aromatic N) is 1. The predicted octanol–water partition coefficient (Wildman–Crippen LogP) is 1.53. The van der Waals surface area contributed by atoms with Crippen molar-refractivity contribution in [1.82, 2.24) is 4.90 Å². The Hall–Kier alpha value is -2.29. The minimum atomic E-state index is -3.11. The van der Waals surface area contributed by atoms with E-state index in [-0.39, 0.29) is 41.9 Å². The average Bonchev–Trinajstić information content (AvgIpc) is 3.40. The standard InChI is InChI=1S/C19H23NO7S/c21-18(10-25-19(22)13-5-6-16-17(9-13)27-12-26-16)20(14-3-1-2-4-14)15-7-8-28(23,24)11-15/h5-6,9,14-15H,1-4,7-8,10-12H2/t15-/m0/s1. The van der Waals surface area contributed by atoms with E-state index < -0.39 is 22.4 Å². The first-order valence-corrected chi connectivity index (χ1v) is 11.3. The van der Waals surface area contributed by atoms with E-state index in [2.05, 4.69) is 0 Å². The third kappa shape index (κ3) is 3.94. The number of sulfone groups is 1. The van der Waals surface area contributed by atoms with Gasteiger partial charge in [0.05, 0.1) is 17.1 Å². The smallest absolute Gasteiger partial charge is 0.338 e. The van der Waals surface area contributed by atoms with Crippen LogP contribution in [-0.2, 0) is 19.4 Å². The average molecular weight is 409 g/mol. The van der Waals surface area contributed by atoms with Crippen molar-refractivity contribution in [3.05, 3.63) is 23.8 Å². The van der Waals surface area contributed by atoms with Gasteiger partial charge in [0.25, 0.3) is 5.91 Å². The Labute approximate surface area is 163 Å². The highest BCUT2D eigenvalue weighted by Crippen LogP contribution is 2.33. The van der Waals surface area contributed by atoms with Crippen LogP contribution >= 0.6 is 0 Å². The van der Waals surface area contributed by atoms with E-state index in [1.165, 1.54) is 6.07 Å². The van der Waals surface area contributed by atoms with E-state index in [4.69, 9.17) is 14.2 Å². The molecule has 8 nitrogen and oxygen atoms in total. The van der Waals surface area contributed by atoms with Crippen LogP contribution in [0.4, 0.5) is 0 Å². The Morgan fingerprint density at radius 3 is 2.54 bits per heavy atom. The summed E-state index contributed by atoms with van der Waals surface area (Å²) in [7, 11) is -3.11. The summed E-state index contributed by atoms with van der Waals surface area (Å²) in [6.45, 7) is -0.298. The van der Waals surface area contributed by atoms with Crippen molar-refractivity contribution >= 4 is 21.7 Å². The highest BCUT2D eigenvalue weighted by Gasteiger charge is 2.39. The maximum Gasteiger partial charge on any atom is 0.338 e. The molecule has 3 aliphatic rings. The molecule has 152 valence electrons. The molecule has 1 aromatic rings. The van der Waals surface area contributed by atoms with Gasteiger partial charge in [-0.15, -0.1) is 0 Å². The molecule has 2 heterocycles. The van der Waals surface area contributed by atoms with Gasteiger partial charge in [0.15, 0.2) is 27.9 Å². The number of ether oxygens (including phenoxy) is 3. The minimum absolute atomic E-state index is 0.00858. The van der Waals surface area contributed by atoms with Crippen LogP contribution in [-0.4, -0.2) is 62.2 Å². The summed E-state index contributed by atoms with van der Waals surface area (Å²) in [4.78, 5) is 26.9. The van der Waals surface area contributed by atoms with Gasteiger partial charge in [0, 0.05) is 12.1 Å². The maximum absolute atomic E-state index is 12.9. The highest BCUT2D eigenvalue weighted by atomic mass is 32.2. The van der Waals surface area contributed by atoms with Crippen LogP contribution in [0.5, 0.6) is 11.5 Å². The summed E-state index contributed by atoms with van der Waals surface area (Å²) in [5.74, 6) is 0.156. The zero-order valence-electron chi connectivity index (χ0n) is 15.5. The maximum atomic E-state index is 12.9. The molecular formula is C19H23NO7S. The SMILES string of the molecule is O=C(OCC(=O)N(C1CCCC1)[C@H]1CCS(=O)(=O)C1)c1ccc2c(c1)OCO2. The normalized spacial score (nSPS) is 22.9. The Morgan fingerprint density at radius 1 is 1.07 bits per heavy atom. The van der Waals surface area contributed by atoms with Gasteiger partial charge in [-0.25, -0.2) is 13.2 Å². The highest BCUT2D eigenvalue weighted by molar-refractivity contribution is 7.91. The van der Waals surface area contributed by atoms with E-state index >= 15 is 0 Å². The van der Waals surface area contributed by atoms with Gasteiger partial charge in [-0.05, 0) is 37.5 Å². The zero-order valence-corrected chi connectivity index (χ0v) is 16.3. The van der Waals surface area contributed by atoms with Gasteiger partial charge in [-0.3, -0.25) is 4.79 Å². The van der Waals surface area contributed by atoms with Gasteiger partial charge in [-0.2, -0.15) is 0 Å². The van der Waals surface area contributed by atoms with Gasteiger partial charge in [0.2, 0.25) is 6.79 Å². The summed E-state index contributed by atoms with van der Waals surface area (Å²) >= 11 is 0. The second kappa shape index (κ2) is 7.62. The molecule has 2 fully saturated rings. The third-order valence-corrected chi connectivity index (χ3v) is 7.29. The molecule has 0 unspecified atom stereocenters. The van der Waals surface area contributed by atoms with Crippen LogP contribution in [0.2, 0.25) is 0 Å². The zero-order chi connectivity index (χ0) is 19.7. The largest absolute Gasteiger partial charge is 0.454 e. The summed E-state index contributed by atoms with van der Waals surface area (Å²) in [6, 6.07) is 4.39. The van der Waals surface area contributed by atoms with E-state index in [0.717, 1.165) is 25.7 Å². The molecule has 0 aromatic heterocycles.